The van der Waals surface area contributed by atoms with Gasteiger partial charge in [-0.3, -0.25) is 9.48 Å². The fourth-order valence-electron chi connectivity index (χ4n) is 1.81. The van der Waals surface area contributed by atoms with Crippen LogP contribution in [0, 0.1) is 6.92 Å². The van der Waals surface area contributed by atoms with E-state index in [-0.39, 0.29) is 5.91 Å². The molecule has 19 heavy (non-hydrogen) atoms. The lowest BCUT2D eigenvalue weighted by molar-refractivity contribution is 0.0992. The summed E-state index contributed by atoms with van der Waals surface area (Å²) in [4.78, 5) is 13.9. The zero-order valence-electron chi connectivity index (χ0n) is 11.0. The quantitative estimate of drug-likeness (QED) is 0.857. The molecule has 1 aromatic heterocycles. The number of carbonyl (C=O) groups excluding carboxylic acids is 1. The molecule has 0 fully saturated rings. The van der Waals surface area contributed by atoms with Gasteiger partial charge in [0.05, 0.1) is 23.1 Å². The molecule has 100 valence electrons. The largest absolute Gasteiger partial charge is 0.397 e. The number of rotatable bonds is 2. The van der Waals surface area contributed by atoms with Gasteiger partial charge in [0.25, 0.3) is 5.91 Å². The van der Waals surface area contributed by atoms with Gasteiger partial charge in [-0.25, -0.2) is 0 Å². The Labute approximate surface area is 116 Å². The van der Waals surface area contributed by atoms with Crippen LogP contribution in [0.25, 0.3) is 0 Å². The number of amides is 1. The van der Waals surface area contributed by atoms with Crippen molar-refractivity contribution in [2.45, 2.75) is 6.92 Å². The first-order chi connectivity index (χ1) is 8.91. The number of aryl methyl sites for hydroxylation is 1. The number of nitrogens with two attached hydrogens (primary N) is 1. The summed E-state index contributed by atoms with van der Waals surface area (Å²) >= 11 is 5.94. The second kappa shape index (κ2) is 4.93. The molecule has 0 bridgehead atoms. The molecular weight excluding hydrogens is 264 g/mol. The topological polar surface area (TPSA) is 64.2 Å². The fourth-order valence-corrected chi connectivity index (χ4v) is 1.97. The maximum absolute atomic E-state index is 12.4. The number of nitrogen functional groups attached to an aromatic ring is 1. The van der Waals surface area contributed by atoms with Crippen molar-refractivity contribution < 1.29 is 4.79 Å². The van der Waals surface area contributed by atoms with Crippen LogP contribution in [0.3, 0.4) is 0 Å². The number of halogens is 1. The molecule has 1 heterocycles. The Morgan fingerprint density at radius 3 is 2.74 bits per heavy atom. The molecule has 0 aliphatic rings. The van der Waals surface area contributed by atoms with Crippen LogP contribution >= 0.6 is 11.6 Å². The lowest BCUT2D eigenvalue weighted by Gasteiger charge is -2.19. The first-order valence-electron chi connectivity index (χ1n) is 5.73. The van der Waals surface area contributed by atoms with Crippen LogP contribution in [-0.4, -0.2) is 22.7 Å². The number of aromatic nitrogens is 2. The summed E-state index contributed by atoms with van der Waals surface area (Å²) in [7, 11) is 3.46. The average molecular weight is 279 g/mol. The van der Waals surface area contributed by atoms with Crippen LogP contribution in [0.5, 0.6) is 0 Å². The molecule has 2 aromatic rings. The Kier molecular flexibility index (Phi) is 3.48. The normalized spacial score (nSPS) is 10.5. The second-order valence-electron chi connectivity index (χ2n) is 4.33. The molecule has 0 aliphatic carbocycles. The number of hydrogen-bond acceptors (Lipinski definition) is 3. The van der Waals surface area contributed by atoms with Crippen molar-refractivity contribution in [1.82, 2.24) is 9.78 Å². The van der Waals surface area contributed by atoms with Crippen molar-refractivity contribution in [3.05, 3.63) is 40.7 Å². The molecule has 0 saturated heterocycles. The maximum Gasteiger partial charge on any atom is 0.261 e. The van der Waals surface area contributed by atoms with Crippen molar-refractivity contribution >= 4 is 28.9 Å². The molecule has 0 unspecified atom stereocenters. The molecule has 1 aromatic carbocycles. The van der Waals surface area contributed by atoms with E-state index < -0.39 is 0 Å². The molecule has 1 amide bonds. The third kappa shape index (κ3) is 2.42. The molecule has 6 heteroatoms. The molecule has 0 spiro atoms. The molecule has 5 nitrogen and oxygen atoms in total. The van der Waals surface area contributed by atoms with Gasteiger partial charge in [0.1, 0.15) is 0 Å². The van der Waals surface area contributed by atoms with E-state index in [4.69, 9.17) is 17.3 Å². The van der Waals surface area contributed by atoms with E-state index in [9.17, 15) is 4.79 Å². The summed E-state index contributed by atoms with van der Waals surface area (Å²) in [5.74, 6) is -0.167. The van der Waals surface area contributed by atoms with Crippen LogP contribution in [0.4, 0.5) is 11.4 Å². The van der Waals surface area contributed by atoms with Crippen LogP contribution < -0.4 is 10.6 Å². The van der Waals surface area contributed by atoms with E-state index in [1.54, 1.807) is 43.2 Å². The smallest absolute Gasteiger partial charge is 0.261 e. The van der Waals surface area contributed by atoms with E-state index in [1.807, 2.05) is 6.92 Å². The Morgan fingerprint density at radius 1 is 1.47 bits per heavy atom. The van der Waals surface area contributed by atoms with Crippen molar-refractivity contribution in [3.8, 4) is 0 Å². The van der Waals surface area contributed by atoms with Gasteiger partial charge in [-0.15, -0.1) is 0 Å². The van der Waals surface area contributed by atoms with Crippen molar-refractivity contribution in [3.63, 3.8) is 0 Å². The first-order valence-corrected chi connectivity index (χ1v) is 6.11. The lowest BCUT2D eigenvalue weighted by Crippen LogP contribution is -2.27. The minimum absolute atomic E-state index is 0.167. The first kappa shape index (κ1) is 13.4. The van der Waals surface area contributed by atoms with Crippen molar-refractivity contribution in [2.24, 2.45) is 7.05 Å². The van der Waals surface area contributed by atoms with Gasteiger partial charge < -0.3 is 10.6 Å². The van der Waals surface area contributed by atoms with Crippen LogP contribution in [0.2, 0.25) is 5.02 Å². The molecule has 2 N–H and O–H groups in total. The summed E-state index contributed by atoms with van der Waals surface area (Å²) in [6.45, 7) is 1.84. The zero-order valence-corrected chi connectivity index (χ0v) is 11.8. The van der Waals surface area contributed by atoms with Gasteiger partial charge in [0, 0.05) is 24.8 Å². The zero-order chi connectivity index (χ0) is 14.2. The Hall–Kier alpha value is -2.01. The second-order valence-corrected chi connectivity index (χ2v) is 4.77. The van der Waals surface area contributed by atoms with Gasteiger partial charge in [-0.2, -0.15) is 5.10 Å². The van der Waals surface area contributed by atoms with Gasteiger partial charge >= 0.3 is 0 Å². The highest BCUT2D eigenvalue weighted by Gasteiger charge is 2.19. The summed E-state index contributed by atoms with van der Waals surface area (Å²) in [5, 5.41) is 4.60. The average Bonchev–Trinajstić information content (AvgIpc) is 2.71. The van der Waals surface area contributed by atoms with E-state index in [0.717, 1.165) is 5.69 Å². The summed E-state index contributed by atoms with van der Waals surface area (Å²) in [6, 6.07) is 5.03. The predicted octanol–water partition coefficient (Wildman–Crippen LogP) is 2.24. The third-order valence-corrected chi connectivity index (χ3v) is 3.36. The number of hydrogen-bond donors (Lipinski definition) is 1. The van der Waals surface area contributed by atoms with Gasteiger partial charge in [0.2, 0.25) is 0 Å². The highest BCUT2D eigenvalue weighted by Crippen LogP contribution is 2.27. The van der Waals surface area contributed by atoms with E-state index in [2.05, 4.69) is 5.10 Å². The fraction of sp³-hybridized carbons (Fsp3) is 0.231. The number of anilines is 2. The monoisotopic (exact) mass is 278 g/mol. The van der Waals surface area contributed by atoms with Gasteiger partial charge in [0.15, 0.2) is 0 Å². The number of nitrogens with zero attached hydrogens (tertiary/aromatic N) is 3. The number of carbonyl (C=O) groups is 1. The van der Waals surface area contributed by atoms with Crippen molar-refractivity contribution in [2.75, 3.05) is 17.7 Å². The third-order valence-electron chi connectivity index (χ3n) is 3.12. The highest BCUT2D eigenvalue weighted by atomic mass is 35.5. The molecule has 2 rings (SSSR count). The molecule has 0 aliphatic heterocycles. The van der Waals surface area contributed by atoms with E-state index >= 15 is 0 Å². The van der Waals surface area contributed by atoms with Crippen molar-refractivity contribution in [1.29, 1.82) is 0 Å². The van der Waals surface area contributed by atoms with Crippen LogP contribution in [0.1, 0.15) is 16.1 Å². The molecule has 0 saturated carbocycles. The van der Waals surface area contributed by atoms with E-state index in [0.29, 0.717) is 22.0 Å². The minimum atomic E-state index is -0.167. The minimum Gasteiger partial charge on any atom is -0.397 e. The summed E-state index contributed by atoms with van der Waals surface area (Å²) in [6.07, 6.45) is 1.55. The Balaban J connectivity index is 2.39. The van der Waals surface area contributed by atoms with Gasteiger partial charge in [-0.05, 0) is 25.1 Å². The molecule has 0 radical (unpaired) electrons. The summed E-state index contributed by atoms with van der Waals surface area (Å²) < 4.78 is 1.66. The molecular formula is C13H15ClN4O. The SMILES string of the molecule is Cc1c(C(=O)N(C)c2cc(Cl)ccc2N)cnn1C. The van der Waals surface area contributed by atoms with Gasteiger partial charge in [-0.1, -0.05) is 11.6 Å². The van der Waals surface area contributed by atoms with Crippen LogP contribution in [0.15, 0.2) is 24.4 Å². The molecule has 0 atom stereocenters. The standard InChI is InChI=1S/C13H15ClN4O/c1-8-10(7-16-18(8)3)13(19)17(2)12-6-9(14)4-5-11(12)15/h4-7H,15H2,1-3H3. The highest BCUT2D eigenvalue weighted by molar-refractivity contribution is 6.31. The lowest BCUT2D eigenvalue weighted by atomic mass is 10.2. The maximum atomic E-state index is 12.4. The predicted molar refractivity (Wildman–Crippen MR) is 76.5 cm³/mol. The number of benzene rings is 1. The Morgan fingerprint density at radius 2 is 2.16 bits per heavy atom. The van der Waals surface area contributed by atoms with Crippen LogP contribution in [-0.2, 0) is 7.05 Å². The Bertz CT molecular complexity index is 636. The summed E-state index contributed by atoms with van der Waals surface area (Å²) in [5.41, 5.74) is 8.31. The van der Waals surface area contributed by atoms with E-state index in [1.165, 1.54) is 4.90 Å².